The highest BCUT2D eigenvalue weighted by Gasteiger charge is 2.28. The summed E-state index contributed by atoms with van der Waals surface area (Å²) in [4.78, 5) is 28.6. The molecule has 1 saturated carbocycles. The van der Waals surface area contributed by atoms with E-state index in [0.29, 0.717) is 18.3 Å². The maximum Gasteiger partial charge on any atom is 0.237 e. The van der Waals surface area contributed by atoms with E-state index < -0.39 is 0 Å². The Morgan fingerprint density at radius 3 is 2.73 bits per heavy atom. The van der Waals surface area contributed by atoms with E-state index in [1.807, 2.05) is 23.8 Å². The first-order valence-corrected chi connectivity index (χ1v) is 11.5. The summed E-state index contributed by atoms with van der Waals surface area (Å²) < 4.78 is 1.83. The number of carbonyl (C=O) groups is 1. The fraction of sp³-hybridized carbons (Fsp3) is 0.652. The molecule has 1 aliphatic heterocycles. The predicted octanol–water partition coefficient (Wildman–Crippen LogP) is 3.80. The number of carbonyl (C=O) groups excluding carboxylic acids is 1. The van der Waals surface area contributed by atoms with Gasteiger partial charge in [0.25, 0.3) is 0 Å². The van der Waals surface area contributed by atoms with Crippen molar-refractivity contribution in [1.82, 2.24) is 24.8 Å². The maximum atomic E-state index is 12.9. The smallest absolute Gasteiger partial charge is 0.237 e. The van der Waals surface area contributed by atoms with Crippen molar-refractivity contribution >= 4 is 11.7 Å². The van der Waals surface area contributed by atoms with E-state index in [9.17, 15) is 4.79 Å². The molecule has 4 rings (SSSR count). The summed E-state index contributed by atoms with van der Waals surface area (Å²) in [6.45, 7) is 5.09. The van der Waals surface area contributed by atoms with Crippen LogP contribution < -0.4 is 10.2 Å². The molecule has 2 aromatic rings. The van der Waals surface area contributed by atoms with Gasteiger partial charge in [0.15, 0.2) is 0 Å². The number of nitrogens with zero attached hydrogens (tertiary/aromatic N) is 5. The minimum Gasteiger partial charge on any atom is -0.353 e. The normalized spacial score (nSPS) is 21.4. The fourth-order valence-electron chi connectivity index (χ4n) is 4.97. The number of aromatic nitrogens is 4. The number of nitrogens with one attached hydrogen (secondary N) is 1. The highest BCUT2D eigenvalue weighted by Crippen LogP contribution is 2.28. The molecule has 2 atom stereocenters. The minimum atomic E-state index is 0.172. The zero-order valence-corrected chi connectivity index (χ0v) is 18.3. The van der Waals surface area contributed by atoms with E-state index in [1.165, 1.54) is 32.1 Å². The number of hydrogen-bond donors (Lipinski definition) is 1. The molecule has 1 saturated heterocycles. The third-order valence-corrected chi connectivity index (χ3v) is 6.65. The third kappa shape index (κ3) is 4.99. The third-order valence-electron chi connectivity index (χ3n) is 6.65. The van der Waals surface area contributed by atoms with Crippen LogP contribution in [0, 0.1) is 12.8 Å². The molecule has 2 fully saturated rings. The van der Waals surface area contributed by atoms with Crippen molar-refractivity contribution in [2.45, 2.75) is 83.7 Å². The van der Waals surface area contributed by atoms with Crippen LogP contribution in [0.25, 0.3) is 5.95 Å². The average molecular weight is 411 g/mol. The molecule has 1 aliphatic carbocycles. The number of anilines is 1. The van der Waals surface area contributed by atoms with Gasteiger partial charge in [0.2, 0.25) is 11.9 Å². The summed E-state index contributed by atoms with van der Waals surface area (Å²) in [5.41, 5.74) is 0.920. The largest absolute Gasteiger partial charge is 0.353 e. The van der Waals surface area contributed by atoms with E-state index in [0.717, 1.165) is 37.3 Å². The van der Waals surface area contributed by atoms with Crippen LogP contribution in [0.2, 0.25) is 0 Å². The Bertz CT molecular complexity index is 830. The van der Waals surface area contributed by atoms with Crippen LogP contribution in [0.15, 0.2) is 24.8 Å². The molecular formula is C23H34N6O. The first kappa shape index (κ1) is 20.8. The highest BCUT2D eigenvalue weighted by molar-refractivity contribution is 5.77. The Hall–Kier alpha value is -2.44. The number of imidazole rings is 1. The summed E-state index contributed by atoms with van der Waals surface area (Å²) in [7, 11) is 0. The van der Waals surface area contributed by atoms with E-state index >= 15 is 0 Å². The van der Waals surface area contributed by atoms with Crippen LogP contribution in [0.3, 0.4) is 0 Å². The minimum absolute atomic E-state index is 0.172. The molecule has 7 nitrogen and oxygen atoms in total. The van der Waals surface area contributed by atoms with Gasteiger partial charge in [-0.3, -0.25) is 9.36 Å². The molecule has 7 heteroatoms. The Morgan fingerprint density at radius 1 is 1.17 bits per heavy atom. The van der Waals surface area contributed by atoms with Gasteiger partial charge in [0.1, 0.15) is 12.1 Å². The van der Waals surface area contributed by atoms with Crippen LogP contribution >= 0.6 is 0 Å². The molecular weight excluding hydrogens is 376 g/mol. The van der Waals surface area contributed by atoms with Crippen LogP contribution in [-0.2, 0) is 4.79 Å². The molecule has 30 heavy (non-hydrogen) atoms. The zero-order valence-electron chi connectivity index (χ0n) is 18.3. The molecule has 1 amide bonds. The number of rotatable bonds is 6. The Kier molecular flexibility index (Phi) is 6.65. The second-order valence-corrected chi connectivity index (χ2v) is 8.94. The molecule has 0 bridgehead atoms. The van der Waals surface area contributed by atoms with Gasteiger partial charge in [-0.15, -0.1) is 0 Å². The van der Waals surface area contributed by atoms with Crippen LogP contribution in [-0.4, -0.2) is 44.1 Å². The summed E-state index contributed by atoms with van der Waals surface area (Å²) in [6.07, 6.45) is 15.6. The molecule has 1 N–H and O–H groups in total. The first-order chi connectivity index (χ1) is 14.6. The lowest BCUT2D eigenvalue weighted by molar-refractivity contribution is -0.122. The lowest BCUT2D eigenvalue weighted by atomic mass is 9.84. The Labute approximate surface area is 179 Å². The van der Waals surface area contributed by atoms with Gasteiger partial charge < -0.3 is 10.2 Å². The van der Waals surface area contributed by atoms with Crippen LogP contribution in [0.4, 0.5) is 5.82 Å². The number of amides is 1. The van der Waals surface area contributed by atoms with Crippen LogP contribution in [0.1, 0.15) is 70.4 Å². The molecule has 0 radical (unpaired) electrons. The fourth-order valence-corrected chi connectivity index (χ4v) is 4.97. The van der Waals surface area contributed by atoms with Gasteiger partial charge in [-0.1, -0.05) is 19.3 Å². The van der Waals surface area contributed by atoms with E-state index in [2.05, 4.69) is 27.1 Å². The summed E-state index contributed by atoms with van der Waals surface area (Å²) in [5.74, 6) is 2.34. The van der Waals surface area contributed by atoms with Crippen molar-refractivity contribution in [1.29, 1.82) is 0 Å². The van der Waals surface area contributed by atoms with Gasteiger partial charge >= 0.3 is 0 Å². The van der Waals surface area contributed by atoms with Gasteiger partial charge in [-0.05, 0) is 51.9 Å². The second kappa shape index (κ2) is 9.58. The molecule has 2 unspecified atom stereocenters. The number of aryl methyl sites for hydroxylation is 1. The molecule has 162 valence electrons. The average Bonchev–Trinajstić information content (AvgIpc) is 3.29. The standard InChI is InChI=1S/C23H34N6O/c1-17-14-21(27-23(25-17)28-13-11-24-16-28)29-12-7-6-10-20(29)15-22(30)26-18(2)19-8-4-3-5-9-19/h11,13-14,16,18-20H,3-10,12,15H2,1-2H3,(H,26,30). The van der Waals surface area contributed by atoms with Crippen molar-refractivity contribution in [3.63, 3.8) is 0 Å². The van der Waals surface area contributed by atoms with Gasteiger partial charge in [0, 0.05) is 49.2 Å². The van der Waals surface area contributed by atoms with Crippen molar-refractivity contribution in [2.75, 3.05) is 11.4 Å². The molecule has 2 aromatic heterocycles. The van der Waals surface area contributed by atoms with Crippen molar-refractivity contribution < 1.29 is 4.79 Å². The Morgan fingerprint density at radius 2 is 1.97 bits per heavy atom. The van der Waals surface area contributed by atoms with Crippen molar-refractivity contribution in [3.05, 3.63) is 30.5 Å². The lowest BCUT2D eigenvalue weighted by Crippen LogP contribution is -2.46. The molecule has 2 aliphatic rings. The van der Waals surface area contributed by atoms with Crippen molar-refractivity contribution in [2.24, 2.45) is 5.92 Å². The Balaban J connectivity index is 1.45. The monoisotopic (exact) mass is 410 g/mol. The summed E-state index contributed by atoms with van der Waals surface area (Å²) in [6, 6.07) is 2.48. The van der Waals surface area contributed by atoms with E-state index in [-0.39, 0.29) is 18.0 Å². The van der Waals surface area contributed by atoms with Gasteiger partial charge in [-0.2, -0.15) is 4.98 Å². The second-order valence-electron chi connectivity index (χ2n) is 8.94. The summed E-state index contributed by atoms with van der Waals surface area (Å²) in [5, 5.41) is 3.30. The number of piperidine rings is 1. The van der Waals surface area contributed by atoms with E-state index in [4.69, 9.17) is 4.98 Å². The number of hydrogen-bond acceptors (Lipinski definition) is 5. The first-order valence-electron chi connectivity index (χ1n) is 11.5. The zero-order chi connectivity index (χ0) is 20.9. The predicted molar refractivity (Wildman–Crippen MR) is 118 cm³/mol. The quantitative estimate of drug-likeness (QED) is 0.784. The molecule has 3 heterocycles. The summed E-state index contributed by atoms with van der Waals surface area (Å²) >= 11 is 0. The lowest BCUT2D eigenvalue weighted by Gasteiger charge is -2.37. The van der Waals surface area contributed by atoms with E-state index in [1.54, 1.807) is 12.5 Å². The SMILES string of the molecule is Cc1cc(N2CCCCC2CC(=O)NC(C)C2CCCCC2)nc(-n2ccnc2)n1. The molecule has 0 spiro atoms. The van der Waals surface area contributed by atoms with Gasteiger partial charge in [0.05, 0.1) is 0 Å². The maximum absolute atomic E-state index is 12.9. The molecule has 0 aromatic carbocycles. The van der Waals surface area contributed by atoms with Crippen molar-refractivity contribution in [3.8, 4) is 5.95 Å². The van der Waals surface area contributed by atoms with Crippen LogP contribution in [0.5, 0.6) is 0 Å². The topological polar surface area (TPSA) is 75.9 Å². The highest BCUT2D eigenvalue weighted by atomic mass is 16.1. The van der Waals surface area contributed by atoms with Gasteiger partial charge in [-0.25, -0.2) is 9.97 Å².